The molecule has 4 heteroatoms. The second-order valence-electron chi connectivity index (χ2n) is 5.31. The van der Waals surface area contributed by atoms with Crippen LogP contribution in [0.1, 0.15) is 5.56 Å². The van der Waals surface area contributed by atoms with E-state index in [1.807, 2.05) is 0 Å². The van der Waals surface area contributed by atoms with Crippen LogP contribution in [0, 0.1) is 18.8 Å². The van der Waals surface area contributed by atoms with Crippen molar-refractivity contribution >= 4 is 27.4 Å². The second-order valence-corrected chi connectivity index (χ2v) is 6.17. The van der Waals surface area contributed by atoms with Gasteiger partial charge in [0.25, 0.3) is 0 Å². The van der Waals surface area contributed by atoms with Gasteiger partial charge >= 0.3 is 0 Å². The molecule has 1 aromatic carbocycles. The standard InChI is InChI=1S/C14H17BrN2O/c1-9-2-3-13(12(15)4-9)17-7-10-5-16-6-11(8-17)14(10)18/h2-4,10-11,16H,5-8H2,1H3. The molecular weight excluding hydrogens is 292 g/mol. The van der Waals surface area contributed by atoms with Crippen LogP contribution in [-0.2, 0) is 4.79 Å². The number of halogens is 1. The van der Waals surface area contributed by atoms with Crippen LogP contribution < -0.4 is 10.2 Å². The highest BCUT2D eigenvalue weighted by molar-refractivity contribution is 9.10. The Hall–Kier alpha value is -0.870. The molecule has 1 aromatic rings. The summed E-state index contributed by atoms with van der Waals surface area (Å²) in [5.74, 6) is 0.768. The zero-order chi connectivity index (χ0) is 12.7. The lowest BCUT2D eigenvalue weighted by molar-refractivity contribution is -0.129. The van der Waals surface area contributed by atoms with E-state index in [9.17, 15) is 4.79 Å². The molecular formula is C14H17BrN2O. The fraction of sp³-hybridized carbons (Fsp3) is 0.500. The Balaban J connectivity index is 1.87. The van der Waals surface area contributed by atoms with Crippen LogP contribution in [0.5, 0.6) is 0 Å². The first-order valence-corrected chi connectivity index (χ1v) is 7.20. The predicted molar refractivity (Wildman–Crippen MR) is 75.9 cm³/mol. The molecule has 2 aliphatic rings. The maximum absolute atomic E-state index is 12.0. The van der Waals surface area contributed by atoms with Crippen LogP contribution in [0.15, 0.2) is 22.7 Å². The molecule has 1 N–H and O–H groups in total. The zero-order valence-electron chi connectivity index (χ0n) is 10.4. The largest absolute Gasteiger partial charge is 0.369 e. The molecule has 3 nitrogen and oxygen atoms in total. The number of piperidine rings is 2. The molecule has 2 unspecified atom stereocenters. The maximum atomic E-state index is 12.0. The second kappa shape index (κ2) is 4.67. The summed E-state index contributed by atoms with van der Waals surface area (Å²) in [7, 11) is 0. The normalized spacial score (nSPS) is 27.4. The number of nitrogens with one attached hydrogen (secondary N) is 1. The third kappa shape index (κ3) is 2.08. The van der Waals surface area contributed by atoms with Gasteiger partial charge in [0.05, 0.1) is 5.69 Å². The van der Waals surface area contributed by atoms with Crippen LogP contribution in [0.2, 0.25) is 0 Å². The van der Waals surface area contributed by atoms with Crippen molar-refractivity contribution in [1.29, 1.82) is 0 Å². The van der Waals surface area contributed by atoms with E-state index in [0.29, 0.717) is 5.78 Å². The molecule has 96 valence electrons. The topological polar surface area (TPSA) is 32.3 Å². The van der Waals surface area contributed by atoms with Crippen LogP contribution >= 0.6 is 15.9 Å². The summed E-state index contributed by atoms with van der Waals surface area (Å²) in [6.45, 7) is 5.42. The third-order valence-corrected chi connectivity index (χ3v) is 4.55. The molecule has 2 heterocycles. The fourth-order valence-corrected chi connectivity index (χ4v) is 3.69. The molecule has 2 fully saturated rings. The van der Waals surface area contributed by atoms with Crippen molar-refractivity contribution in [2.24, 2.45) is 11.8 Å². The molecule has 18 heavy (non-hydrogen) atoms. The van der Waals surface area contributed by atoms with E-state index in [0.717, 1.165) is 30.7 Å². The number of carbonyl (C=O) groups is 1. The SMILES string of the molecule is Cc1ccc(N2CC3CNCC(C2)C3=O)c(Br)c1. The summed E-state index contributed by atoms with van der Waals surface area (Å²) in [6, 6.07) is 6.42. The number of anilines is 1. The molecule has 2 atom stereocenters. The van der Waals surface area contributed by atoms with Crippen molar-refractivity contribution in [3.05, 3.63) is 28.2 Å². The molecule has 0 radical (unpaired) electrons. The van der Waals surface area contributed by atoms with Gasteiger partial charge in [-0.25, -0.2) is 0 Å². The fourth-order valence-electron chi connectivity index (χ4n) is 2.95. The number of nitrogens with zero attached hydrogens (tertiary/aromatic N) is 1. The van der Waals surface area contributed by atoms with E-state index in [2.05, 4.69) is 51.3 Å². The van der Waals surface area contributed by atoms with Crippen LogP contribution in [-0.4, -0.2) is 32.0 Å². The number of hydrogen-bond donors (Lipinski definition) is 1. The highest BCUT2D eigenvalue weighted by atomic mass is 79.9. The Kier molecular flexibility index (Phi) is 3.16. The van der Waals surface area contributed by atoms with Crippen LogP contribution in [0.3, 0.4) is 0 Å². The van der Waals surface area contributed by atoms with Gasteiger partial charge in [0, 0.05) is 42.5 Å². The van der Waals surface area contributed by atoms with Crippen molar-refractivity contribution in [1.82, 2.24) is 5.32 Å². The molecule has 2 saturated heterocycles. The predicted octanol–water partition coefficient (Wildman–Crippen LogP) is 1.98. The maximum Gasteiger partial charge on any atom is 0.145 e. The van der Waals surface area contributed by atoms with Crippen molar-refractivity contribution in [2.45, 2.75) is 6.92 Å². The van der Waals surface area contributed by atoms with E-state index < -0.39 is 0 Å². The average molecular weight is 309 g/mol. The number of ketones is 1. The van der Waals surface area contributed by atoms with Gasteiger partial charge in [0.2, 0.25) is 0 Å². The lowest BCUT2D eigenvalue weighted by Crippen LogP contribution is -2.57. The minimum absolute atomic E-state index is 0.158. The molecule has 0 aromatic heterocycles. The summed E-state index contributed by atoms with van der Waals surface area (Å²) in [6.07, 6.45) is 0. The first-order chi connectivity index (χ1) is 8.65. The van der Waals surface area contributed by atoms with Gasteiger partial charge in [-0.3, -0.25) is 4.79 Å². The highest BCUT2D eigenvalue weighted by Crippen LogP contribution is 2.32. The number of Topliss-reactive ketones (excluding diaryl/α,β-unsaturated/α-hetero) is 1. The molecule has 0 amide bonds. The molecule has 0 saturated carbocycles. The number of carbonyl (C=O) groups excluding carboxylic acids is 1. The first-order valence-electron chi connectivity index (χ1n) is 6.40. The lowest BCUT2D eigenvalue weighted by atomic mass is 9.84. The van der Waals surface area contributed by atoms with Crippen LogP contribution in [0.25, 0.3) is 0 Å². The molecule has 3 rings (SSSR count). The molecule has 0 spiro atoms. The number of fused-ring (bicyclic) bond motifs is 2. The van der Waals surface area contributed by atoms with Gasteiger partial charge in [0.1, 0.15) is 5.78 Å². The van der Waals surface area contributed by atoms with E-state index in [1.54, 1.807) is 0 Å². The Bertz CT molecular complexity index is 473. The summed E-state index contributed by atoms with van der Waals surface area (Å²) >= 11 is 3.64. The highest BCUT2D eigenvalue weighted by Gasteiger charge is 2.38. The monoisotopic (exact) mass is 308 g/mol. The van der Waals surface area contributed by atoms with Gasteiger partial charge in [-0.2, -0.15) is 0 Å². The van der Waals surface area contributed by atoms with E-state index >= 15 is 0 Å². The van der Waals surface area contributed by atoms with Gasteiger partial charge < -0.3 is 10.2 Å². The van der Waals surface area contributed by atoms with Crippen molar-refractivity contribution in [3.63, 3.8) is 0 Å². The quantitative estimate of drug-likeness (QED) is 0.861. The van der Waals surface area contributed by atoms with Crippen molar-refractivity contribution < 1.29 is 4.79 Å². The smallest absolute Gasteiger partial charge is 0.145 e. The van der Waals surface area contributed by atoms with E-state index in [1.165, 1.54) is 11.3 Å². The minimum Gasteiger partial charge on any atom is -0.369 e. The van der Waals surface area contributed by atoms with Crippen LogP contribution in [0.4, 0.5) is 5.69 Å². The van der Waals surface area contributed by atoms with Crippen molar-refractivity contribution in [2.75, 3.05) is 31.1 Å². The third-order valence-electron chi connectivity index (χ3n) is 3.91. The molecule has 2 aliphatic heterocycles. The number of rotatable bonds is 1. The zero-order valence-corrected chi connectivity index (χ0v) is 12.0. The average Bonchev–Trinajstić information content (AvgIpc) is 2.29. The number of aryl methyl sites for hydroxylation is 1. The Morgan fingerprint density at radius 3 is 2.56 bits per heavy atom. The number of hydrogen-bond acceptors (Lipinski definition) is 3. The summed E-state index contributed by atoms with van der Waals surface area (Å²) in [4.78, 5) is 14.4. The molecule has 0 aliphatic carbocycles. The minimum atomic E-state index is 0.158. The number of benzene rings is 1. The first kappa shape index (κ1) is 12.2. The Labute approximate surface area is 116 Å². The van der Waals surface area contributed by atoms with Gasteiger partial charge in [-0.15, -0.1) is 0 Å². The lowest BCUT2D eigenvalue weighted by Gasteiger charge is -2.41. The molecule has 2 bridgehead atoms. The van der Waals surface area contributed by atoms with Gasteiger partial charge in [0.15, 0.2) is 0 Å². The Morgan fingerprint density at radius 2 is 1.94 bits per heavy atom. The van der Waals surface area contributed by atoms with Gasteiger partial charge in [-0.05, 0) is 40.5 Å². The van der Waals surface area contributed by atoms with E-state index in [-0.39, 0.29) is 11.8 Å². The van der Waals surface area contributed by atoms with Gasteiger partial charge in [-0.1, -0.05) is 6.07 Å². The summed E-state index contributed by atoms with van der Waals surface area (Å²) in [5.41, 5.74) is 2.46. The summed E-state index contributed by atoms with van der Waals surface area (Å²) in [5, 5.41) is 3.35. The summed E-state index contributed by atoms with van der Waals surface area (Å²) < 4.78 is 1.13. The van der Waals surface area contributed by atoms with Crippen molar-refractivity contribution in [3.8, 4) is 0 Å². The Morgan fingerprint density at radius 1 is 1.28 bits per heavy atom. The van der Waals surface area contributed by atoms with E-state index in [4.69, 9.17) is 0 Å².